The van der Waals surface area contributed by atoms with Crippen molar-refractivity contribution in [2.45, 2.75) is 12.5 Å². The van der Waals surface area contributed by atoms with Gasteiger partial charge < -0.3 is 23.8 Å². The molecule has 6 heteroatoms. The zero-order chi connectivity index (χ0) is 22.5. The Kier molecular flexibility index (Phi) is 6.50. The number of hydrogen-bond donors (Lipinski definition) is 0. The summed E-state index contributed by atoms with van der Waals surface area (Å²) in [5, 5.41) is 0. The predicted molar refractivity (Wildman–Crippen MR) is 122 cm³/mol. The first kappa shape index (κ1) is 21.6. The van der Waals surface area contributed by atoms with Crippen molar-refractivity contribution in [3.05, 3.63) is 83.4 Å². The van der Waals surface area contributed by atoms with Gasteiger partial charge in [0, 0.05) is 12.1 Å². The third-order valence-electron chi connectivity index (χ3n) is 5.75. The lowest BCUT2D eigenvalue weighted by Gasteiger charge is -2.37. The standard InChI is InChI=1S/C26H27NO5/c1-29-22-11-7-8-12-23(22)32-17-21-20-16-25(31-3)24(30-2)15-19(20)13-14-27(21)26(28)18-9-5-4-6-10-18/h4-12,15-16,21H,13-14,17H2,1-3H3/t21-/m0/s1. The van der Waals surface area contributed by atoms with Crippen molar-refractivity contribution in [1.29, 1.82) is 0 Å². The van der Waals surface area contributed by atoms with Crippen molar-refractivity contribution < 1.29 is 23.7 Å². The molecule has 0 radical (unpaired) electrons. The maximum Gasteiger partial charge on any atom is 0.254 e. The van der Waals surface area contributed by atoms with Gasteiger partial charge in [-0.3, -0.25) is 4.79 Å². The summed E-state index contributed by atoms with van der Waals surface area (Å²) < 4.78 is 22.6. The molecule has 0 spiro atoms. The van der Waals surface area contributed by atoms with Gasteiger partial charge in [-0.05, 0) is 53.9 Å². The minimum absolute atomic E-state index is 0.0281. The highest BCUT2D eigenvalue weighted by Crippen LogP contribution is 2.39. The summed E-state index contributed by atoms with van der Waals surface area (Å²) in [6.07, 6.45) is 0.722. The molecule has 0 aliphatic carbocycles. The van der Waals surface area contributed by atoms with Gasteiger partial charge in [-0.15, -0.1) is 0 Å². The van der Waals surface area contributed by atoms with Crippen LogP contribution in [0.1, 0.15) is 27.5 Å². The molecule has 166 valence electrons. The molecule has 0 bridgehead atoms. The molecule has 3 aromatic carbocycles. The molecule has 1 heterocycles. The number of methoxy groups -OCH3 is 3. The zero-order valence-corrected chi connectivity index (χ0v) is 18.5. The Morgan fingerprint density at radius 3 is 2.16 bits per heavy atom. The molecule has 0 N–H and O–H groups in total. The van der Waals surface area contributed by atoms with E-state index < -0.39 is 0 Å². The van der Waals surface area contributed by atoms with Crippen molar-refractivity contribution in [3.63, 3.8) is 0 Å². The van der Waals surface area contributed by atoms with Gasteiger partial charge in [-0.1, -0.05) is 30.3 Å². The lowest BCUT2D eigenvalue weighted by atomic mass is 9.91. The fourth-order valence-electron chi connectivity index (χ4n) is 4.10. The van der Waals surface area contributed by atoms with E-state index in [0.29, 0.717) is 35.1 Å². The largest absolute Gasteiger partial charge is 0.493 e. The maximum absolute atomic E-state index is 13.4. The average molecular weight is 434 g/mol. The third kappa shape index (κ3) is 4.21. The molecule has 32 heavy (non-hydrogen) atoms. The van der Waals surface area contributed by atoms with Gasteiger partial charge in [0.2, 0.25) is 0 Å². The molecule has 1 atom stereocenters. The van der Waals surface area contributed by atoms with Crippen LogP contribution in [-0.2, 0) is 6.42 Å². The van der Waals surface area contributed by atoms with E-state index in [-0.39, 0.29) is 18.6 Å². The number of ether oxygens (including phenoxy) is 4. The SMILES string of the molecule is COc1cc2c(cc1OC)[C@H](COc1ccccc1OC)N(C(=O)c1ccccc1)CC2. The Morgan fingerprint density at radius 1 is 0.844 bits per heavy atom. The summed E-state index contributed by atoms with van der Waals surface area (Å²) in [6.45, 7) is 0.859. The molecule has 1 aliphatic rings. The third-order valence-corrected chi connectivity index (χ3v) is 5.75. The Morgan fingerprint density at radius 2 is 1.47 bits per heavy atom. The van der Waals surface area contributed by atoms with Crippen molar-refractivity contribution in [1.82, 2.24) is 4.90 Å². The van der Waals surface area contributed by atoms with Crippen LogP contribution in [0.3, 0.4) is 0 Å². The number of carbonyl (C=O) groups excluding carboxylic acids is 1. The quantitative estimate of drug-likeness (QED) is 0.548. The Bertz CT molecular complexity index is 1080. The number of para-hydroxylation sites is 2. The van der Waals surface area contributed by atoms with Crippen molar-refractivity contribution in [2.24, 2.45) is 0 Å². The Balaban J connectivity index is 1.71. The molecule has 0 saturated heterocycles. The highest BCUT2D eigenvalue weighted by molar-refractivity contribution is 5.94. The minimum atomic E-state index is -0.295. The van der Waals surface area contributed by atoms with Crippen LogP contribution in [0.5, 0.6) is 23.0 Å². The van der Waals surface area contributed by atoms with E-state index in [9.17, 15) is 4.79 Å². The number of benzene rings is 3. The number of amides is 1. The molecule has 1 amide bonds. The second-order valence-corrected chi connectivity index (χ2v) is 7.50. The lowest BCUT2D eigenvalue weighted by molar-refractivity contribution is 0.0587. The van der Waals surface area contributed by atoms with Gasteiger partial charge in [0.1, 0.15) is 6.61 Å². The zero-order valence-electron chi connectivity index (χ0n) is 18.5. The topological polar surface area (TPSA) is 57.2 Å². The van der Waals surface area contributed by atoms with Crippen LogP contribution in [0.2, 0.25) is 0 Å². The van der Waals surface area contributed by atoms with Crippen LogP contribution in [0.4, 0.5) is 0 Å². The predicted octanol–water partition coefficient (Wildman–Crippen LogP) is 4.53. The van der Waals surface area contributed by atoms with Crippen molar-refractivity contribution in [2.75, 3.05) is 34.5 Å². The van der Waals surface area contributed by atoms with E-state index in [1.165, 1.54) is 0 Å². The molecule has 0 aromatic heterocycles. The van der Waals surface area contributed by atoms with E-state index in [0.717, 1.165) is 17.5 Å². The number of hydrogen-bond acceptors (Lipinski definition) is 5. The summed E-state index contributed by atoms with van der Waals surface area (Å²) in [5.74, 6) is 2.56. The second-order valence-electron chi connectivity index (χ2n) is 7.50. The maximum atomic E-state index is 13.4. The van der Waals surface area contributed by atoms with E-state index in [2.05, 4.69) is 0 Å². The fourth-order valence-corrected chi connectivity index (χ4v) is 4.10. The van der Waals surface area contributed by atoms with E-state index in [4.69, 9.17) is 18.9 Å². The molecule has 3 aromatic rings. The summed E-state index contributed by atoms with van der Waals surface area (Å²) in [6, 6.07) is 20.5. The van der Waals surface area contributed by atoms with Crippen LogP contribution >= 0.6 is 0 Å². The van der Waals surface area contributed by atoms with E-state index in [1.54, 1.807) is 21.3 Å². The first-order valence-electron chi connectivity index (χ1n) is 10.5. The summed E-state index contributed by atoms with van der Waals surface area (Å²) >= 11 is 0. The fraction of sp³-hybridized carbons (Fsp3) is 0.269. The highest BCUT2D eigenvalue weighted by Gasteiger charge is 2.33. The number of fused-ring (bicyclic) bond motifs is 1. The van der Waals surface area contributed by atoms with Gasteiger partial charge in [-0.2, -0.15) is 0 Å². The van der Waals surface area contributed by atoms with Crippen molar-refractivity contribution in [3.8, 4) is 23.0 Å². The summed E-state index contributed by atoms with van der Waals surface area (Å²) in [4.78, 5) is 15.3. The summed E-state index contributed by atoms with van der Waals surface area (Å²) in [7, 11) is 4.85. The van der Waals surface area contributed by atoms with Gasteiger partial charge in [0.25, 0.3) is 5.91 Å². The van der Waals surface area contributed by atoms with E-state index in [1.807, 2.05) is 71.6 Å². The molecule has 0 saturated carbocycles. The molecule has 0 unspecified atom stereocenters. The monoisotopic (exact) mass is 433 g/mol. The highest BCUT2D eigenvalue weighted by atomic mass is 16.5. The molecular formula is C26H27NO5. The summed E-state index contributed by atoms with van der Waals surface area (Å²) in [5.41, 5.74) is 2.76. The van der Waals surface area contributed by atoms with Crippen LogP contribution < -0.4 is 18.9 Å². The van der Waals surface area contributed by atoms with Gasteiger partial charge in [0.15, 0.2) is 23.0 Å². The van der Waals surface area contributed by atoms with Crippen LogP contribution in [0.25, 0.3) is 0 Å². The van der Waals surface area contributed by atoms with Crippen LogP contribution in [0.15, 0.2) is 66.7 Å². The molecule has 0 fully saturated rings. The Hall–Kier alpha value is -3.67. The average Bonchev–Trinajstić information content (AvgIpc) is 2.86. The number of carbonyl (C=O) groups is 1. The molecule has 1 aliphatic heterocycles. The number of rotatable bonds is 7. The van der Waals surface area contributed by atoms with Gasteiger partial charge >= 0.3 is 0 Å². The molecule has 4 rings (SSSR count). The van der Waals surface area contributed by atoms with E-state index >= 15 is 0 Å². The Labute approximate surface area is 188 Å². The lowest BCUT2D eigenvalue weighted by Crippen LogP contribution is -2.42. The first-order valence-corrected chi connectivity index (χ1v) is 10.5. The van der Waals surface area contributed by atoms with Gasteiger partial charge in [0.05, 0.1) is 27.4 Å². The van der Waals surface area contributed by atoms with Gasteiger partial charge in [-0.25, -0.2) is 0 Å². The van der Waals surface area contributed by atoms with Crippen LogP contribution in [-0.4, -0.2) is 45.3 Å². The molecule has 6 nitrogen and oxygen atoms in total. The van der Waals surface area contributed by atoms with Crippen LogP contribution in [0, 0.1) is 0 Å². The first-order chi connectivity index (χ1) is 15.7. The normalized spacial score (nSPS) is 15.0. The molecular weight excluding hydrogens is 406 g/mol. The second kappa shape index (κ2) is 9.64. The number of nitrogens with zero attached hydrogens (tertiary/aromatic N) is 1. The van der Waals surface area contributed by atoms with Crippen molar-refractivity contribution >= 4 is 5.91 Å². The minimum Gasteiger partial charge on any atom is -0.493 e. The smallest absolute Gasteiger partial charge is 0.254 e.